The second-order valence-electron chi connectivity index (χ2n) is 5.61. The summed E-state index contributed by atoms with van der Waals surface area (Å²) in [5.41, 5.74) is 0.922. The molecule has 0 N–H and O–H groups in total. The van der Waals surface area contributed by atoms with Crippen LogP contribution in [0.15, 0.2) is 6.20 Å². The molecule has 1 aromatic heterocycles. The average molecular weight is 284 g/mol. The number of fused-ring (bicyclic) bond motifs is 1. The topological polar surface area (TPSA) is 68.1 Å². The minimum Gasteiger partial charge on any atom is -0.292 e. The van der Waals surface area contributed by atoms with Gasteiger partial charge in [0.25, 0.3) is 0 Å². The maximum absolute atomic E-state index is 12.2. The fraction of sp³-hybridized carbons (Fsp3) is 0.833. The van der Waals surface area contributed by atoms with Gasteiger partial charge < -0.3 is 0 Å². The van der Waals surface area contributed by atoms with Gasteiger partial charge in [-0.15, -0.1) is 5.10 Å². The van der Waals surface area contributed by atoms with Gasteiger partial charge in [0.15, 0.2) is 9.84 Å². The third kappa shape index (κ3) is 2.53. The molecular formula is C12H20N4O2S. The van der Waals surface area contributed by atoms with E-state index in [9.17, 15) is 8.42 Å². The molecule has 2 aliphatic rings. The highest BCUT2D eigenvalue weighted by molar-refractivity contribution is 7.92. The van der Waals surface area contributed by atoms with E-state index in [1.165, 1.54) is 0 Å². The Morgan fingerprint density at radius 3 is 2.89 bits per heavy atom. The van der Waals surface area contributed by atoms with Gasteiger partial charge in [-0.2, -0.15) is 0 Å². The van der Waals surface area contributed by atoms with Gasteiger partial charge in [0, 0.05) is 32.4 Å². The maximum Gasteiger partial charge on any atom is 0.155 e. The first-order chi connectivity index (χ1) is 9.06. The second-order valence-corrected chi connectivity index (χ2v) is 7.95. The Balaban J connectivity index is 1.79. The highest BCUT2D eigenvalue weighted by Gasteiger charge is 2.42. The lowest BCUT2D eigenvalue weighted by molar-refractivity contribution is 0.147. The van der Waals surface area contributed by atoms with Gasteiger partial charge in [-0.3, -0.25) is 9.58 Å². The van der Waals surface area contributed by atoms with E-state index in [4.69, 9.17) is 0 Å². The molecule has 1 aromatic rings. The Kier molecular flexibility index (Phi) is 3.34. The van der Waals surface area contributed by atoms with Crippen LogP contribution < -0.4 is 0 Å². The molecule has 7 heteroatoms. The molecule has 1 saturated carbocycles. The van der Waals surface area contributed by atoms with Gasteiger partial charge in [0.1, 0.15) is 0 Å². The molecule has 2 heterocycles. The second kappa shape index (κ2) is 4.86. The number of hydrogen-bond acceptors (Lipinski definition) is 5. The van der Waals surface area contributed by atoms with E-state index in [-0.39, 0.29) is 17.0 Å². The summed E-state index contributed by atoms with van der Waals surface area (Å²) in [5.74, 6) is 0.286. The molecule has 0 aromatic carbocycles. The van der Waals surface area contributed by atoms with Gasteiger partial charge in [-0.1, -0.05) is 18.1 Å². The molecule has 0 amide bonds. The highest BCUT2D eigenvalue weighted by Crippen LogP contribution is 2.32. The Labute approximate surface area is 113 Å². The first-order valence-corrected chi connectivity index (χ1v) is 8.58. The van der Waals surface area contributed by atoms with Gasteiger partial charge >= 0.3 is 0 Å². The van der Waals surface area contributed by atoms with Crippen LogP contribution in [0.4, 0.5) is 0 Å². The van der Waals surface area contributed by atoms with E-state index in [0.29, 0.717) is 13.1 Å². The van der Waals surface area contributed by atoms with Crippen molar-refractivity contribution in [3.05, 3.63) is 11.9 Å². The third-order valence-corrected chi connectivity index (χ3v) is 6.50. The van der Waals surface area contributed by atoms with Gasteiger partial charge in [0.05, 0.1) is 16.7 Å². The van der Waals surface area contributed by atoms with Crippen LogP contribution in [0.25, 0.3) is 0 Å². The van der Waals surface area contributed by atoms with Crippen LogP contribution in [0.1, 0.15) is 31.4 Å². The molecule has 2 atom stereocenters. The minimum atomic E-state index is -2.89. The SMILES string of the molecule is Cn1cc(CN2CCS(=O)(=O)C3CCCCC32)nn1. The summed E-state index contributed by atoms with van der Waals surface area (Å²) >= 11 is 0. The average Bonchev–Trinajstić information content (AvgIpc) is 2.79. The lowest BCUT2D eigenvalue weighted by Gasteiger charge is -2.43. The van der Waals surface area contributed by atoms with E-state index in [2.05, 4.69) is 15.2 Å². The zero-order valence-electron chi connectivity index (χ0n) is 11.2. The lowest BCUT2D eigenvalue weighted by atomic mass is 9.93. The molecule has 1 aliphatic carbocycles. The number of hydrogen-bond donors (Lipinski definition) is 0. The van der Waals surface area contributed by atoms with Crippen molar-refractivity contribution in [3.63, 3.8) is 0 Å². The molecular weight excluding hydrogens is 264 g/mol. The number of rotatable bonds is 2. The van der Waals surface area contributed by atoms with E-state index < -0.39 is 9.84 Å². The van der Waals surface area contributed by atoms with Gasteiger partial charge in [0.2, 0.25) is 0 Å². The molecule has 0 bridgehead atoms. The Bertz CT molecular complexity index is 554. The molecule has 3 rings (SSSR count). The molecule has 0 spiro atoms. The first kappa shape index (κ1) is 13.1. The number of aromatic nitrogens is 3. The van der Waals surface area contributed by atoms with Crippen LogP contribution in [0.3, 0.4) is 0 Å². The first-order valence-electron chi connectivity index (χ1n) is 6.87. The molecule has 106 valence electrons. The zero-order chi connectivity index (χ0) is 13.5. The van der Waals surface area contributed by atoms with Crippen molar-refractivity contribution in [2.24, 2.45) is 7.05 Å². The van der Waals surface area contributed by atoms with Crippen molar-refractivity contribution >= 4 is 9.84 Å². The molecule has 1 saturated heterocycles. The quantitative estimate of drug-likeness (QED) is 0.784. The maximum atomic E-state index is 12.2. The van der Waals surface area contributed by atoms with Crippen LogP contribution in [0, 0.1) is 0 Å². The summed E-state index contributed by atoms with van der Waals surface area (Å²) in [5, 5.41) is 7.88. The van der Waals surface area contributed by atoms with Crippen molar-refractivity contribution in [1.82, 2.24) is 19.9 Å². The summed E-state index contributed by atoms with van der Waals surface area (Å²) in [7, 11) is -1.04. The molecule has 2 fully saturated rings. The summed E-state index contributed by atoms with van der Waals surface area (Å²) < 4.78 is 26.0. The number of nitrogens with zero attached hydrogens (tertiary/aromatic N) is 4. The predicted octanol–water partition coefficient (Wildman–Crippen LogP) is 0.357. The fourth-order valence-electron chi connectivity index (χ4n) is 3.35. The van der Waals surface area contributed by atoms with Crippen LogP contribution in [-0.4, -0.2) is 51.9 Å². The smallest absolute Gasteiger partial charge is 0.155 e. The highest BCUT2D eigenvalue weighted by atomic mass is 32.2. The molecule has 1 aliphatic heterocycles. The lowest BCUT2D eigenvalue weighted by Crippen LogP contribution is -2.55. The molecule has 2 unspecified atom stereocenters. The van der Waals surface area contributed by atoms with Crippen LogP contribution >= 0.6 is 0 Å². The molecule has 19 heavy (non-hydrogen) atoms. The fourth-order valence-corrected chi connectivity index (χ4v) is 5.45. The number of sulfone groups is 1. The van der Waals surface area contributed by atoms with Crippen molar-refractivity contribution < 1.29 is 8.42 Å². The standard InChI is InChI=1S/C12H20N4O2S/c1-15-8-10(13-14-15)9-16-6-7-19(17,18)12-5-3-2-4-11(12)16/h8,11-12H,2-7,9H2,1H3. The third-order valence-electron chi connectivity index (χ3n) is 4.28. The monoisotopic (exact) mass is 284 g/mol. The van der Waals surface area contributed by atoms with Gasteiger partial charge in [-0.25, -0.2) is 8.42 Å². The largest absolute Gasteiger partial charge is 0.292 e. The minimum absolute atomic E-state index is 0.160. The zero-order valence-corrected chi connectivity index (χ0v) is 12.0. The van der Waals surface area contributed by atoms with Crippen molar-refractivity contribution in [2.75, 3.05) is 12.3 Å². The van der Waals surface area contributed by atoms with Crippen LogP contribution in [0.5, 0.6) is 0 Å². The summed E-state index contributed by atoms with van der Waals surface area (Å²) in [6.07, 6.45) is 5.89. The van der Waals surface area contributed by atoms with E-state index in [1.54, 1.807) is 4.68 Å². The normalized spacial score (nSPS) is 31.0. The van der Waals surface area contributed by atoms with E-state index >= 15 is 0 Å². The summed E-state index contributed by atoms with van der Waals surface area (Å²) in [6.45, 7) is 1.34. The van der Waals surface area contributed by atoms with Crippen LogP contribution in [-0.2, 0) is 23.4 Å². The van der Waals surface area contributed by atoms with E-state index in [0.717, 1.165) is 31.4 Å². The predicted molar refractivity (Wildman–Crippen MR) is 71.2 cm³/mol. The molecule has 0 radical (unpaired) electrons. The Morgan fingerprint density at radius 2 is 2.16 bits per heavy atom. The Morgan fingerprint density at radius 1 is 1.37 bits per heavy atom. The van der Waals surface area contributed by atoms with Crippen molar-refractivity contribution in [1.29, 1.82) is 0 Å². The van der Waals surface area contributed by atoms with Crippen LogP contribution in [0.2, 0.25) is 0 Å². The van der Waals surface area contributed by atoms with Crippen molar-refractivity contribution in [2.45, 2.75) is 43.5 Å². The van der Waals surface area contributed by atoms with Crippen molar-refractivity contribution in [3.8, 4) is 0 Å². The summed E-state index contributed by atoms with van der Waals surface area (Å²) in [4.78, 5) is 2.29. The van der Waals surface area contributed by atoms with E-state index in [1.807, 2.05) is 13.2 Å². The molecule has 6 nitrogen and oxygen atoms in total. The number of aryl methyl sites for hydroxylation is 1. The summed E-state index contributed by atoms with van der Waals surface area (Å²) in [6, 6.07) is 0.175. The van der Waals surface area contributed by atoms with Gasteiger partial charge in [-0.05, 0) is 12.8 Å². The Hall–Kier alpha value is -0.950.